The molecule has 98 valence electrons. The van der Waals surface area contributed by atoms with Crippen molar-refractivity contribution in [2.75, 3.05) is 6.54 Å². The van der Waals surface area contributed by atoms with Crippen LogP contribution in [0.2, 0.25) is 5.02 Å². The summed E-state index contributed by atoms with van der Waals surface area (Å²) in [5.41, 5.74) is 1.23. The number of hydrogen-bond acceptors (Lipinski definition) is 1. The Bertz CT molecular complexity index is 411. The average Bonchev–Trinajstić information content (AvgIpc) is 2.37. The molecule has 1 aromatic rings. The molecule has 1 atom stereocenters. The third-order valence-corrected chi connectivity index (χ3v) is 4.03. The van der Waals surface area contributed by atoms with Gasteiger partial charge in [-0.3, -0.25) is 0 Å². The van der Waals surface area contributed by atoms with Crippen molar-refractivity contribution in [1.29, 1.82) is 0 Å². The highest BCUT2D eigenvalue weighted by Crippen LogP contribution is 2.28. The molecule has 3 heteroatoms. The van der Waals surface area contributed by atoms with Crippen LogP contribution in [0.3, 0.4) is 0 Å². The molecule has 0 saturated heterocycles. The second-order valence-corrected chi connectivity index (χ2v) is 5.54. The third kappa shape index (κ3) is 5.02. The molecular weight excluding hydrogens is 310 g/mol. The Kier molecular flexibility index (Phi) is 7.42. The zero-order valence-corrected chi connectivity index (χ0v) is 13.0. The first-order valence-electron chi connectivity index (χ1n) is 6.30. The zero-order chi connectivity index (χ0) is 13.4. The van der Waals surface area contributed by atoms with E-state index in [1.165, 1.54) is 5.56 Å². The Balaban J connectivity index is 2.73. The summed E-state index contributed by atoms with van der Waals surface area (Å²) in [5.74, 6) is 2.69. The van der Waals surface area contributed by atoms with E-state index in [1.807, 2.05) is 12.1 Å². The molecule has 1 rings (SSSR count). The topological polar surface area (TPSA) is 12.0 Å². The maximum atomic E-state index is 6.15. The van der Waals surface area contributed by atoms with Crippen LogP contribution < -0.4 is 5.32 Å². The smallest absolute Gasteiger partial charge is 0.0551 e. The first kappa shape index (κ1) is 15.6. The summed E-state index contributed by atoms with van der Waals surface area (Å²) in [6.07, 6.45) is 9.33. The van der Waals surface area contributed by atoms with E-state index in [0.29, 0.717) is 6.04 Å². The van der Waals surface area contributed by atoms with Gasteiger partial charge in [-0.1, -0.05) is 24.6 Å². The fraction of sp³-hybridized carbons (Fsp3) is 0.467. The van der Waals surface area contributed by atoms with Gasteiger partial charge < -0.3 is 5.32 Å². The van der Waals surface area contributed by atoms with E-state index in [-0.39, 0.29) is 0 Å². The van der Waals surface area contributed by atoms with E-state index in [2.05, 4.69) is 40.2 Å². The molecule has 0 radical (unpaired) electrons. The number of nitrogens with one attached hydrogen (secondary N) is 1. The SMILES string of the molecule is C#CCCCC(NCCC)c1ccc(Br)c(Cl)c1. The number of rotatable bonds is 7. The average molecular weight is 329 g/mol. The molecule has 1 unspecified atom stereocenters. The molecular formula is C15H19BrClN. The summed E-state index contributed by atoms with van der Waals surface area (Å²) in [6.45, 7) is 3.18. The van der Waals surface area contributed by atoms with Crippen molar-refractivity contribution in [2.45, 2.75) is 38.6 Å². The third-order valence-electron chi connectivity index (χ3n) is 2.80. The zero-order valence-electron chi connectivity index (χ0n) is 10.7. The fourth-order valence-electron chi connectivity index (χ4n) is 1.84. The molecule has 0 spiro atoms. The van der Waals surface area contributed by atoms with Crippen LogP contribution in [0.4, 0.5) is 0 Å². The van der Waals surface area contributed by atoms with E-state index in [0.717, 1.165) is 41.7 Å². The molecule has 0 fully saturated rings. The first-order chi connectivity index (χ1) is 8.69. The van der Waals surface area contributed by atoms with Crippen molar-refractivity contribution < 1.29 is 0 Å². The molecule has 1 nitrogen and oxygen atoms in total. The van der Waals surface area contributed by atoms with Crippen molar-refractivity contribution in [3.8, 4) is 12.3 Å². The molecule has 0 heterocycles. The largest absolute Gasteiger partial charge is 0.310 e. The van der Waals surface area contributed by atoms with Crippen molar-refractivity contribution in [1.82, 2.24) is 5.32 Å². The highest BCUT2D eigenvalue weighted by molar-refractivity contribution is 9.10. The van der Waals surface area contributed by atoms with E-state index in [1.54, 1.807) is 0 Å². The molecule has 0 bridgehead atoms. The van der Waals surface area contributed by atoms with Crippen LogP contribution in [0.15, 0.2) is 22.7 Å². The lowest BCUT2D eigenvalue weighted by Crippen LogP contribution is -2.22. The number of terminal acetylenes is 1. The summed E-state index contributed by atoms with van der Waals surface area (Å²) in [5, 5.41) is 4.31. The van der Waals surface area contributed by atoms with Gasteiger partial charge in [0.1, 0.15) is 0 Å². The van der Waals surface area contributed by atoms with Gasteiger partial charge >= 0.3 is 0 Å². The van der Waals surface area contributed by atoms with Crippen LogP contribution in [0, 0.1) is 12.3 Å². The summed E-state index contributed by atoms with van der Waals surface area (Å²) < 4.78 is 0.936. The van der Waals surface area contributed by atoms with Gasteiger partial charge in [-0.05, 0) is 59.4 Å². The summed E-state index contributed by atoms with van der Waals surface area (Å²) >= 11 is 9.56. The molecule has 18 heavy (non-hydrogen) atoms. The minimum Gasteiger partial charge on any atom is -0.310 e. The number of unbranched alkanes of at least 4 members (excludes halogenated alkanes) is 1. The van der Waals surface area contributed by atoms with Gasteiger partial charge in [-0.2, -0.15) is 0 Å². The lowest BCUT2D eigenvalue weighted by Gasteiger charge is -2.19. The van der Waals surface area contributed by atoms with Crippen LogP contribution in [0.25, 0.3) is 0 Å². The Morgan fingerprint density at radius 3 is 2.89 bits per heavy atom. The predicted molar refractivity (Wildman–Crippen MR) is 82.9 cm³/mol. The highest BCUT2D eigenvalue weighted by Gasteiger charge is 2.11. The Morgan fingerprint density at radius 1 is 1.50 bits per heavy atom. The Morgan fingerprint density at radius 2 is 2.28 bits per heavy atom. The van der Waals surface area contributed by atoms with Crippen molar-refractivity contribution in [2.24, 2.45) is 0 Å². The van der Waals surface area contributed by atoms with Crippen LogP contribution in [0.1, 0.15) is 44.2 Å². The van der Waals surface area contributed by atoms with Crippen molar-refractivity contribution in [3.63, 3.8) is 0 Å². The minimum absolute atomic E-state index is 0.337. The van der Waals surface area contributed by atoms with Gasteiger partial charge in [0.2, 0.25) is 0 Å². The van der Waals surface area contributed by atoms with Crippen molar-refractivity contribution >= 4 is 27.5 Å². The van der Waals surface area contributed by atoms with Gasteiger partial charge in [0.25, 0.3) is 0 Å². The fourth-order valence-corrected chi connectivity index (χ4v) is 2.28. The normalized spacial score (nSPS) is 12.1. The standard InChI is InChI=1S/C15H19BrClN/c1-3-5-6-7-15(18-10-4-2)12-8-9-13(16)14(17)11-12/h1,8-9,11,15,18H,4-7,10H2,2H3. The lowest BCUT2D eigenvalue weighted by molar-refractivity contribution is 0.487. The summed E-state index contributed by atoms with van der Waals surface area (Å²) in [7, 11) is 0. The van der Waals surface area contributed by atoms with Gasteiger partial charge in [0, 0.05) is 16.9 Å². The van der Waals surface area contributed by atoms with E-state index < -0.39 is 0 Å². The maximum Gasteiger partial charge on any atom is 0.0551 e. The maximum absolute atomic E-state index is 6.15. The Labute approximate surface area is 123 Å². The van der Waals surface area contributed by atoms with Gasteiger partial charge in [0.05, 0.1) is 5.02 Å². The van der Waals surface area contributed by atoms with Gasteiger partial charge in [0.15, 0.2) is 0 Å². The van der Waals surface area contributed by atoms with Crippen molar-refractivity contribution in [3.05, 3.63) is 33.3 Å². The molecule has 1 N–H and O–H groups in total. The van der Waals surface area contributed by atoms with Crippen LogP contribution in [-0.2, 0) is 0 Å². The molecule has 0 aromatic heterocycles. The van der Waals surface area contributed by atoms with Gasteiger partial charge in [-0.15, -0.1) is 12.3 Å². The molecule has 0 saturated carbocycles. The second kappa shape index (κ2) is 8.58. The summed E-state index contributed by atoms with van der Waals surface area (Å²) in [6, 6.07) is 6.47. The molecule has 0 aliphatic rings. The Hall–Kier alpha value is -0.490. The van der Waals surface area contributed by atoms with E-state index in [4.69, 9.17) is 18.0 Å². The van der Waals surface area contributed by atoms with Crippen LogP contribution in [0.5, 0.6) is 0 Å². The molecule has 1 aromatic carbocycles. The minimum atomic E-state index is 0.337. The van der Waals surface area contributed by atoms with Crippen LogP contribution >= 0.6 is 27.5 Å². The molecule has 0 amide bonds. The quantitative estimate of drug-likeness (QED) is 0.552. The number of hydrogen-bond donors (Lipinski definition) is 1. The lowest BCUT2D eigenvalue weighted by atomic mass is 10.0. The molecule has 0 aliphatic heterocycles. The summed E-state index contributed by atoms with van der Waals surface area (Å²) in [4.78, 5) is 0. The monoisotopic (exact) mass is 327 g/mol. The number of benzene rings is 1. The highest BCUT2D eigenvalue weighted by atomic mass is 79.9. The van der Waals surface area contributed by atoms with E-state index >= 15 is 0 Å². The van der Waals surface area contributed by atoms with Crippen LogP contribution in [-0.4, -0.2) is 6.54 Å². The number of halogens is 2. The van der Waals surface area contributed by atoms with E-state index in [9.17, 15) is 0 Å². The molecule has 0 aliphatic carbocycles. The second-order valence-electron chi connectivity index (χ2n) is 4.28. The predicted octanol–water partition coefficient (Wildman–Crippen LogP) is 4.95. The first-order valence-corrected chi connectivity index (χ1v) is 7.48. The van der Waals surface area contributed by atoms with Gasteiger partial charge in [-0.25, -0.2) is 0 Å².